The van der Waals surface area contributed by atoms with E-state index in [-0.39, 0.29) is 12.1 Å². The fourth-order valence-corrected chi connectivity index (χ4v) is 3.19. The Labute approximate surface area is 152 Å². The van der Waals surface area contributed by atoms with Gasteiger partial charge in [0.05, 0.1) is 12.8 Å². The summed E-state index contributed by atoms with van der Waals surface area (Å²) >= 11 is 0. The van der Waals surface area contributed by atoms with E-state index in [1.54, 1.807) is 24.5 Å². The van der Waals surface area contributed by atoms with Crippen molar-refractivity contribution in [3.05, 3.63) is 42.2 Å². The fourth-order valence-electron chi connectivity index (χ4n) is 3.19. The van der Waals surface area contributed by atoms with E-state index in [1.807, 2.05) is 12.1 Å². The van der Waals surface area contributed by atoms with Crippen molar-refractivity contribution in [1.29, 1.82) is 0 Å². The second kappa shape index (κ2) is 8.56. The molecule has 0 spiro atoms. The predicted octanol–water partition coefficient (Wildman–Crippen LogP) is 3.46. The molecule has 2 aromatic rings. The Hall–Kier alpha value is -2.76. The van der Waals surface area contributed by atoms with Crippen molar-refractivity contribution in [3.8, 4) is 17.1 Å². The quantitative estimate of drug-likeness (QED) is 0.584. The van der Waals surface area contributed by atoms with E-state index in [0.717, 1.165) is 43.2 Å². The van der Waals surface area contributed by atoms with Crippen molar-refractivity contribution in [2.45, 2.75) is 38.2 Å². The molecule has 6 heteroatoms. The van der Waals surface area contributed by atoms with Crippen LogP contribution in [0.25, 0.3) is 11.3 Å². The van der Waals surface area contributed by atoms with Crippen LogP contribution in [-0.2, 0) is 9.53 Å². The summed E-state index contributed by atoms with van der Waals surface area (Å²) in [6.45, 7) is 0. The van der Waals surface area contributed by atoms with E-state index in [0.29, 0.717) is 23.8 Å². The van der Waals surface area contributed by atoms with Gasteiger partial charge in [0.1, 0.15) is 6.10 Å². The maximum absolute atomic E-state index is 11.4. The second-order valence-corrected chi connectivity index (χ2v) is 6.52. The van der Waals surface area contributed by atoms with Crippen LogP contribution in [0.1, 0.15) is 42.5 Å². The normalized spacial score (nSPS) is 19.6. The molecule has 1 fully saturated rings. The number of carbonyl (C=O) groups excluding carboxylic acids is 2. The minimum Gasteiger partial charge on any atom is -0.474 e. The first-order valence-electron chi connectivity index (χ1n) is 8.79. The molecule has 1 aliphatic carbocycles. The standard InChI is InChI=1S/C20H22N2O4/c1-25-20(24)10-14-2-6-17(7-3-14)26-19-9-5-16(12-22-19)18-8-4-15(13-23)11-21-18/h4-5,8-9,11-14,17H,2-3,6-7,10H2,1H3/t14-,17+. The van der Waals surface area contributed by atoms with Gasteiger partial charge in [-0.2, -0.15) is 0 Å². The molecule has 1 aliphatic rings. The third-order valence-corrected chi connectivity index (χ3v) is 4.72. The third kappa shape index (κ3) is 4.65. The molecule has 1 saturated carbocycles. The smallest absolute Gasteiger partial charge is 0.305 e. The van der Waals surface area contributed by atoms with E-state index in [4.69, 9.17) is 9.47 Å². The Bertz CT molecular complexity index is 735. The number of pyridine rings is 2. The zero-order chi connectivity index (χ0) is 18.4. The molecular weight excluding hydrogens is 332 g/mol. The van der Waals surface area contributed by atoms with E-state index < -0.39 is 0 Å². The molecule has 0 unspecified atom stereocenters. The molecule has 0 aliphatic heterocycles. The first-order chi connectivity index (χ1) is 12.7. The second-order valence-electron chi connectivity index (χ2n) is 6.52. The average molecular weight is 354 g/mol. The number of ether oxygens (including phenoxy) is 2. The highest BCUT2D eigenvalue weighted by Crippen LogP contribution is 2.29. The Morgan fingerprint density at radius 2 is 1.92 bits per heavy atom. The highest BCUT2D eigenvalue weighted by atomic mass is 16.5. The maximum atomic E-state index is 11.4. The van der Waals surface area contributed by atoms with E-state index in [1.165, 1.54) is 7.11 Å². The molecule has 26 heavy (non-hydrogen) atoms. The number of rotatable bonds is 6. The van der Waals surface area contributed by atoms with Gasteiger partial charge < -0.3 is 9.47 Å². The molecule has 6 nitrogen and oxygen atoms in total. The lowest BCUT2D eigenvalue weighted by atomic mass is 9.85. The summed E-state index contributed by atoms with van der Waals surface area (Å²) in [7, 11) is 1.43. The Balaban J connectivity index is 1.53. The molecule has 0 N–H and O–H groups in total. The minimum absolute atomic E-state index is 0.132. The maximum Gasteiger partial charge on any atom is 0.305 e. The highest BCUT2D eigenvalue weighted by molar-refractivity contribution is 5.75. The summed E-state index contributed by atoms with van der Waals surface area (Å²) < 4.78 is 10.7. The van der Waals surface area contributed by atoms with Crippen LogP contribution in [-0.4, -0.2) is 35.4 Å². The van der Waals surface area contributed by atoms with Gasteiger partial charge in [0.25, 0.3) is 0 Å². The van der Waals surface area contributed by atoms with E-state index in [9.17, 15) is 9.59 Å². The number of aromatic nitrogens is 2. The lowest BCUT2D eigenvalue weighted by molar-refractivity contribution is -0.142. The molecule has 0 aromatic carbocycles. The summed E-state index contributed by atoms with van der Waals surface area (Å²) in [6.07, 6.45) is 8.42. The lowest BCUT2D eigenvalue weighted by Crippen LogP contribution is -2.25. The Kier molecular flexibility index (Phi) is 5.94. The van der Waals surface area contributed by atoms with Crippen LogP contribution >= 0.6 is 0 Å². The van der Waals surface area contributed by atoms with Crippen molar-refractivity contribution < 1.29 is 19.1 Å². The van der Waals surface area contributed by atoms with E-state index >= 15 is 0 Å². The van der Waals surface area contributed by atoms with Crippen LogP contribution in [0.15, 0.2) is 36.7 Å². The van der Waals surface area contributed by atoms with Crippen LogP contribution < -0.4 is 4.74 Å². The number of carbonyl (C=O) groups is 2. The first kappa shape index (κ1) is 18.0. The number of nitrogens with zero attached hydrogens (tertiary/aromatic N) is 2. The van der Waals surface area contributed by atoms with Crippen molar-refractivity contribution in [1.82, 2.24) is 9.97 Å². The van der Waals surface area contributed by atoms with Crippen LogP contribution in [0, 0.1) is 5.92 Å². The van der Waals surface area contributed by atoms with Gasteiger partial charge in [-0.15, -0.1) is 0 Å². The molecule has 136 valence electrons. The molecule has 0 atom stereocenters. The molecule has 0 bridgehead atoms. The number of hydrogen-bond acceptors (Lipinski definition) is 6. The predicted molar refractivity (Wildman–Crippen MR) is 95.9 cm³/mol. The molecule has 0 saturated heterocycles. The molecule has 2 aromatic heterocycles. The molecule has 3 rings (SSSR count). The molecular formula is C20H22N2O4. The third-order valence-electron chi connectivity index (χ3n) is 4.72. The van der Waals surface area contributed by atoms with Gasteiger partial charge in [-0.25, -0.2) is 4.98 Å². The van der Waals surface area contributed by atoms with Crippen molar-refractivity contribution in [2.24, 2.45) is 5.92 Å². The van der Waals surface area contributed by atoms with E-state index in [2.05, 4.69) is 9.97 Å². The van der Waals surface area contributed by atoms with Gasteiger partial charge in [0.15, 0.2) is 6.29 Å². The largest absolute Gasteiger partial charge is 0.474 e. The minimum atomic E-state index is -0.138. The number of hydrogen-bond donors (Lipinski definition) is 0. The molecule has 0 amide bonds. The van der Waals surface area contributed by atoms with Crippen LogP contribution in [0.4, 0.5) is 0 Å². The molecule has 0 radical (unpaired) electrons. The van der Waals surface area contributed by atoms with Crippen LogP contribution in [0.3, 0.4) is 0 Å². The lowest BCUT2D eigenvalue weighted by Gasteiger charge is -2.28. The zero-order valence-corrected chi connectivity index (χ0v) is 14.8. The van der Waals surface area contributed by atoms with Crippen molar-refractivity contribution in [3.63, 3.8) is 0 Å². The number of methoxy groups -OCH3 is 1. The van der Waals surface area contributed by atoms with Crippen molar-refractivity contribution in [2.75, 3.05) is 7.11 Å². The monoisotopic (exact) mass is 354 g/mol. The topological polar surface area (TPSA) is 78.4 Å². The molecule has 2 heterocycles. The van der Waals surface area contributed by atoms with Gasteiger partial charge in [0.2, 0.25) is 5.88 Å². The van der Waals surface area contributed by atoms with Crippen LogP contribution in [0.2, 0.25) is 0 Å². The summed E-state index contributed by atoms with van der Waals surface area (Å²) in [5, 5.41) is 0. The summed E-state index contributed by atoms with van der Waals surface area (Å²) in [5.74, 6) is 0.842. The van der Waals surface area contributed by atoms with Crippen LogP contribution in [0.5, 0.6) is 5.88 Å². The number of aldehydes is 1. The van der Waals surface area contributed by atoms with Gasteiger partial charge in [-0.3, -0.25) is 14.6 Å². The van der Waals surface area contributed by atoms with Gasteiger partial charge >= 0.3 is 5.97 Å². The Morgan fingerprint density at radius 1 is 1.12 bits per heavy atom. The highest BCUT2D eigenvalue weighted by Gasteiger charge is 2.24. The van der Waals surface area contributed by atoms with Gasteiger partial charge in [0, 0.05) is 36.0 Å². The first-order valence-corrected chi connectivity index (χ1v) is 8.79. The van der Waals surface area contributed by atoms with Crippen molar-refractivity contribution >= 4 is 12.3 Å². The zero-order valence-electron chi connectivity index (χ0n) is 14.8. The van der Waals surface area contributed by atoms with Gasteiger partial charge in [-0.05, 0) is 49.8 Å². The average Bonchev–Trinajstić information content (AvgIpc) is 2.70. The van der Waals surface area contributed by atoms with Gasteiger partial charge in [-0.1, -0.05) is 0 Å². The SMILES string of the molecule is COC(=O)C[C@H]1CC[C@@H](Oc2ccc(-c3ccc(C=O)cn3)cn2)CC1. The summed E-state index contributed by atoms with van der Waals surface area (Å²) in [5.41, 5.74) is 2.18. The number of esters is 1. The summed E-state index contributed by atoms with van der Waals surface area (Å²) in [6, 6.07) is 7.27. The summed E-state index contributed by atoms with van der Waals surface area (Å²) in [4.78, 5) is 30.7. The Morgan fingerprint density at radius 3 is 2.50 bits per heavy atom. The fraction of sp³-hybridized carbons (Fsp3) is 0.400.